The third kappa shape index (κ3) is 1.90. The summed E-state index contributed by atoms with van der Waals surface area (Å²) < 4.78 is 0. The minimum atomic E-state index is 0.665. The number of benzene rings is 1. The third-order valence-electron chi connectivity index (χ3n) is 2.64. The molecule has 0 aliphatic carbocycles. The van der Waals surface area contributed by atoms with Crippen molar-refractivity contribution in [2.45, 2.75) is 0 Å². The van der Waals surface area contributed by atoms with E-state index in [1.807, 2.05) is 24.4 Å². The van der Waals surface area contributed by atoms with Crippen molar-refractivity contribution in [1.29, 1.82) is 0 Å². The van der Waals surface area contributed by atoms with Gasteiger partial charge in [0.1, 0.15) is 5.65 Å². The lowest BCUT2D eigenvalue weighted by molar-refractivity contribution is 1.33. The number of H-pyrrole nitrogens is 1. The van der Waals surface area contributed by atoms with Crippen LogP contribution >= 0.6 is 23.2 Å². The second kappa shape index (κ2) is 4.06. The fourth-order valence-corrected chi connectivity index (χ4v) is 2.20. The molecule has 0 fully saturated rings. The Morgan fingerprint density at radius 3 is 2.82 bits per heavy atom. The van der Waals surface area contributed by atoms with Crippen LogP contribution in [0.15, 0.2) is 42.7 Å². The molecule has 2 aromatic heterocycles. The molecule has 0 radical (unpaired) electrons. The van der Waals surface area contributed by atoms with E-state index in [-0.39, 0.29) is 0 Å². The number of aromatic nitrogens is 2. The van der Waals surface area contributed by atoms with Gasteiger partial charge in [-0.25, -0.2) is 4.98 Å². The van der Waals surface area contributed by atoms with Crippen LogP contribution in [0.5, 0.6) is 0 Å². The number of nitrogens with one attached hydrogen (secondary N) is 1. The second-order valence-electron chi connectivity index (χ2n) is 3.76. The van der Waals surface area contributed by atoms with Gasteiger partial charge in [0, 0.05) is 39.0 Å². The lowest BCUT2D eigenvalue weighted by atomic mass is 10.1. The van der Waals surface area contributed by atoms with E-state index in [9.17, 15) is 0 Å². The van der Waals surface area contributed by atoms with Crippen LogP contribution in [0.3, 0.4) is 0 Å². The van der Waals surface area contributed by atoms with Crippen molar-refractivity contribution in [3.05, 3.63) is 52.8 Å². The number of pyridine rings is 1. The summed E-state index contributed by atoms with van der Waals surface area (Å²) >= 11 is 12.1. The summed E-state index contributed by atoms with van der Waals surface area (Å²) in [7, 11) is 0. The molecule has 1 aromatic carbocycles. The Morgan fingerprint density at radius 2 is 1.94 bits per heavy atom. The predicted molar refractivity (Wildman–Crippen MR) is 71.5 cm³/mol. The van der Waals surface area contributed by atoms with Crippen molar-refractivity contribution in [3.8, 4) is 11.1 Å². The molecule has 0 amide bonds. The molecular formula is C13H8Cl2N2. The highest BCUT2D eigenvalue weighted by Crippen LogP contribution is 2.31. The van der Waals surface area contributed by atoms with Crippen LogP contribution in [-0.2, 0) is 0 Å². The maximum Gasteiger partial charge on any atom is 0.137 e. The number of fused-ring (bicyclic) bond motifs is 1. The normalized spacial score (nSPS) is 10.9. The van der Waals surface area contributed by atoms with Crippen LogP contribution in [0.2, 0.25) is 10.0 Å². The molecule has 0 aliphatic heterocycles. The Morgan fingerprint density at radius 1 is 1.06 bits per heavy atom. The van der Waals surface area contributed by atoms with Gasteiger partial charge in [0.15, 0.2) is 0 Å². The predicted octanol–water partition coefficient (Wildman–Crippen LogP) is 4.54. The van der Waals surface area contributed by atoms with Gasteiger partial charge in [-0.15, -0.1) is 0 Å². The quantitative estimate of drug-likeness (QED) is 0.686. The Balaban J connectivity index is 2.22. The first-order valence-electron chi connectivity index (χ1n) is 5.12. The Hall–Kier alpha value is -1.51. The van der Waals surface area contributed by atoms with Crippen molar-refractivity contribution < 1.29 is 0 Å². The molecule has 0 aliphatic rings. The zero-order chi connectivity index (χ0) is 11.8. The summed E-state index contributed by atoms with van der Waals surface area (Å²) in [6.45, 7) is 0. The molecule has 4 heteroatoms. The molecule has 17 heavy (non-hydrogen) atoms. The zero-order valence-electron chi connectivity index (χ0n) is 8.74. The third-order valence-corrected chi connectivity index (χ3v) is 3.20. The molecule has 0 bridgehead atoms. The van der Waals surface area contributed by atoms with E-state index in [1.54, 1.807) is 18.3 Å². The SMILES string of the molecule is Clc1ccc(Cl)c(-c2cnc3[nH]ccc3c2)c1. The van der Waals surface area contributed by atoms with Crippen molar-refractivity contribution in [2.24, 2.45) is 0 Å². The van der Waals surface area contributed by atoms with E-state index in [2.05, 4.69) is 9.97 Å². The first kappa shape index (κ1) is 10.6. The van der Waals surface area contributed by atoms with Crippen molar-refractivity contribution in [3.63, 3.8) is 0 Å². The molecule has 1 N–H and O–H groups in total. The number of nitrogens with zero attached hydrogens (tertiary/aromatic N) is 1. The van der Waals surface area contributed by atoms with Crippen molar-refractivity contribution in [2.75, 3.05) is 0 Å². The Bertz CT molecular complexity index is 689. The minimum absolute atomic E-state index is 0.665. The molecule has 0 spiro atoms. The molecule has 3 rings (SSSR count). The lowest BCUT2D eigenvalue weighted by Gasteiger charge is -2.04. The van der Waals surface area contributed by atoms with Gasteiger partial charge < -0.3 is 4.98 Å². The van der Waals surface area contributed by atoms with Gasteiger partial charge in [-0.1, -0.05) is 23.2 Å². The van der Waals surface area contributed by atoms with Crippen LogP contribution in [-0.4, -0.2) is 9.97 Å². The summed E-state index contributed by atoms with van der Waals surface area (Å²) in [5, 5.41) is 2.39. The molecule has 3 aromatic rings. The van der Waals surface area contributed by atoms with E-state index in [4.69, 9.17) is 23.2 Å². The van der Waals surface area contributed by atoms with E-state index in [0.29, 0.717) is 10.0 Å². The van der Waals surface area contributed by atoms with Crippen LogP contribution < -0.4 is 0 Å². The van der Waals surface area contributed by atoms with E-state index in [1.165, 1.54) is 0 Å². The van der Waals surface area contributed by atoms with Crippen LogP contribution in [0, 0.1) is 0 Å². The first-order chi connectivity index (χ1) is 8.24. The lowest BCUT2D eigenvalue weighted by Crippen LogP contribution is -1.83. The standard InChI is InChI=1S/C13H8Cl2N2/c14-10-1-2-12(15)11(6-10)9-5-8-3-4-16-13(8)17-7-9/h1-7H,(H,16,17). The number of hydrogen-bond donors (Lipinski definition) is 1. The summed E-state index contributed by atoms with van der Waals surface area (Å²) in [6.07, 6.45) is 3.65. The molecule has 0 unspecified atom stereocenters. The summed E-state index contributed by atoms with van der Waals surface area (Å²) in [5.41, 5.74) is 2.73. The molecule has 2 heterocycles. The maximum atomic E-state index is 6.16. The van der Waals surface area contributed by atoms with Gasteiger partial charge >= 0.3 is 0 Å². The molecule has 2 nitrogen and oxygen atoms in total. The molecular weight excluding hydrogens is 255 g/mol. The fourth-order valence-electron chi connectivity index (χ4n) is 1.81. The fraction of sp³-hybridized carbons (Fsp3) is 0. The van der Waals surface area contributed by atoms with Crippen molar-refractivity contribution in [1.82, 2.24) is 9.97 Å². The summed E-state index contributed by atoms with van der Waals surface area (Å²) in [5.74, 6) is 0. The van der Waals surface area contributed by atoms with Crippen LogP contribution in [0.25, 0.3) is 22.2 Å². The topological polar surface area (TPSA) is 28.7 Å². The van der Waals surface area contributed by atoms with E-state index in [0.717, 1.165) is 22.2 Å². The highest BCUT2D eigenvalue weighted by atomic mass is 35.5. The maximum absolute atomic E-state index is 6.16. The number of aromatic amines is 1. The molecule has 84 valence electrons. The summed E-state index contributed by atoms with van der Waals surface area (Å²) in [6, 6.07) is 9.43. The van der Waals surface area contributed by atoms with Gasteiger partial charge in [0.05, 0.1) is 0 Å². The van der Waals surface area contributed by atoms with Crippen molar-refractivity contribution >= 4 is 34.2 Å². The Kier molecular flexibility index (Phi) is 2.54. The average Bonchev–Trinajstić information content (AvgIpc) is 2.79. The molecule has 0 saturated carbocycles. The van der Waals surface area contributed by atoms with Gasteiger partial charge in [0.25, 0.3) is 0 Å². The zero-order valence-corrected chi connectivity index (χ0v) is 10.3. The van der Waals surface area contributed by atoms with E-state index >= 15 is 0 Å². The van der Waals surface area contributed by atoms with Gasteiger partial charge in [0.2, 0.25) is 0 Å². The number of halogens is 2. The molecule has 0 atom stereocenters. The largest absolute Gasteiger partial charge is 0.346 e. The number of rotatable bonds is 1. The monoisotopic (exact) mass is 262 g/mol. The highest BCUT2D eigenvalue weighted by molar-refractivity contribution is 6.35. The first-order valence-corrected chi connectivity index (χ1v) is 5.88. The highest BCUT2D eigenvalue weighted by Gasteiger charge is 2.06. The van der Waals surface area contributed by atoms with Gasteiger partial charge in [-0.3, -0.25) is 0 Å². The van der Waals surface area contributed by atoms with Crippen LogP contribution in [0.1, 0.15) is 0 Å². The second-order valence-corrected chi connectivity index (χ2v) is 4.61. The van der Waals surface area contributed by atoms with Crippen LogP contribution in [0.4, 0.5) is 0 Å². The smallest absolute Gasteiger partial charge is 0.137 e. The summed E-state index contributed by atoms with van der Waals surface area (Å²) in [4.78, 5) is 7.39. The van der Waals surface area contributed by atoms with E-state index < -0.39 is 0 Å². The number of hydrogen-bond acceptors (Lipinski definition) is 1. The average molecular weight is 263 g/mol. The van der Waals surface area contributed by atoms with Gasteiger partial charge in [-0.05, 0) is 30.3 Å². The Labute approximate surface area is 108 Å². The minimum Gasteiger partial charge on any atom is -0.346 e. The molecule has 0 saturated heterocycles. The van der Waals surface area contributed by atoms with Gasteiger partial charge in [-0.2, -0.15) is 0 Å².